The largest absolute Gasteiger partial charge is 0.380 e. The molecule has 1 aromatic rings. The number of rotatable bonds is 9. The van der Waals surface area contributed by atoms with Gasteiger partial charge in [-0.3, -0.25) is 16.0 Å². The Morgan fingerprint density at radius 1 is 1.47 bits per heavy atom. The Balaban J connectivity index is 2.45. The van der Waals surface area contributed by atoms with Gasteiger partial charge in [0.1, 0.15) is 12.2 Å². The average Bonchev–Trinajstić information content (AvgIpc) is 2.76. The minimum Gasteiger partial charge on any atom is -0.380 e. The second-order valence-electron chi connectivity index (χ2n) is 4.04. The summed E-state index contributed by atoms with van der Waals surface area (Å²) in [6, 6.07) is 0.0846. The molecule has 0 saturated carbocycles. The molecule has 17 heavy (non-hydrogen) atoms. The van der Waals surface area contributed by atoms with Gasteiger partial charge in [0.05, 0.1) is 12.6 Å². The van der Waals surface area contributed by atoms with E-state index in [4.69, 9.17) is 10.6 Å². The summed E-state index contributed by atoms with van der Waals surface area (Å²) in [5.74, 6) is 6.46. The van der Waals surface area contributed by atoms with Gasteiger partial charge >= 0.3 is 0 Å². The van der Waals surface area contributed by atoms with Gasteiger partial charge in [0.2, 0.25) is 0 Å². The van der Waals surface area contributed by atoms with Crippen LogP contribution in [-0.4, -0.2) is 34.0 Å². The number of nitrogens with one attached hydrogen (secondary N) is 1. The van der Waals surface area contributed by atoms with E-state index in [9.17, 15) is 0 Å². The first-order valence-electron chi connectivity index (χ1n) is 6.22. The number of hydrazine groups is 1. The monoisotopic (exact) mass is 241 g/mol. The van der Waals surface area contributed by atoms with Gasteiger partial charge in [-0.2, -0.15) is 5.10 Å². The average molecular weight is 241 g/mol. The summed E-state index contributed by atoms with van der Waals surface area (Å²) >= 11 is 0. The molecule has 6 nitrogen and oxygen atoms in total. The SMILES string of the molecule is CCCOCC(Cc1ncnn1CCC)NN. The van der Waals surface area contributed by atoms with E-state index in [1.165, 1.54) is 0 Å². The van der Waals surface area contributed by atoms with Crippen molar-refractivity contribution in [2.45, 2.75) is 45.7 Å². The van der Waals surface area contributed by atoms with Crippen molar-refractivity contribution < 1.29 is 4.74 Å². The molecule has 1 aromatic heterocycles. The first-order chi connectivity index (χ1) is 8.31. The van der Waals surface area contributed by atoms with Crippen LogP contribution in [0.3, 0.4) is 0 Å². The number of ether oxygens (including phenoxy) is 1. The van der Waals surface area contributed by atoms with Gasteiger partial charge in [0.25, 0.3) is 0 Å². The number of aromatic nitrogens is 3. The fraction of sp³-hybridized carbons (Fsp3) is 0.818. The second kappa shape index (κ2) is 8.16. The van der Waals surface area contributed by atoms with E-state index in [2.05, 4.69) is 29.4 Å². The Morgan fingerprint density at radius 2 is 2.29 bits per heavy atom. The molecule has 0 bridgehead atoms. The third-order valence-electron chi connectivity index (χ3n) is 2.46. The molecule has 1 unspecified atom stereocenters. The molecule has 0 fully saturated rings. The van der Waals surface area contributed by atoms with E-state index in [1.54, 1.807) is 6.33 Å². The highest BCUT2D eigenvalue weighted by atomic mass is 16.5. The van der Waals surface area contributed by atoms with Crippen molar-refractivity contribution in [2.75, 3.05) is 13.2 Å². The van der Waals surface area contributed by atoms with E-state index < -0.39 is 0 Å². The third-order valence-corrected chi connectivity index (χ3v) is 2.46. The first kappa shape index (κ1) is 14.1. The van der Waals surface area contributed by atoms with E-state index in [0.29, 0.717) is 6.61 Å². The smallest absolute Gasteiger partial charge is 0.138 e. The highest BCUT2D eigenvalue weighted by molar-refractivity contribution is 4.89. The van der Waals surface area contributed by atoms with Crippen molar-refractivity contribution in [1.29, 1.82) is 0 Å². The van der Waals surface area contributed by atoms with Crippen LogP contribution in [0.15, 0.2) is 6.33 Å². The molecule has 0 aromatic carbocycles. The molecule has 0 aliphatic heterocycles. The zero-order valence-corrected chi connectivity index (χ0v) is 10.7. The van der Waals surface area contributed by atoms with Crippen molar-refractivity contribution in [3.05, 3.63) is 12.2 Å². The summed E-state index contributed by atoms with van der Waals surface area (Å²) in [6.07, 6.45) is 4.39. The van der Waals surface area contributed by atoms with E-state index in [-0.39, 0.29) is 6.04 Å². The minimum atomic E-state index is 0.0846. The molecule has 3 N–H and O–H groups in total. The molecule has 98 valence electrons. The molecule has 1 atom stereocenters. The summed E-state index contributed by atoms with van der Waals surface area (Å²) in [5, 5.41) is 4.19. The second-order valence-corrected chi connectivity index (χ2v) is 4.04. The molecule has 1 heterocycles. The summed E-state index contributed by atoms with van der Waals surface area (Å²) in [4.78, 5) is 4.25. The van der Waals surface area contributed by atoms with Gasteiger partial charge < -0.3 is 4.74 Å². The van der Waals surface area contributed by atoms with Crippen LogP contribution in [-0.2, 0) is 17.7 Å². The predicted octanol–water partition coefficient (Wildman–Crippen LogP) is 0.489. The van der Waals surface area contributed by atoms with Crippen molar-refractivity contribution in [2.24, 2.45) is 5.84 Å². The van der Waals surface area contributed by atoms with Crippen LogP contribution in [0.2, 0.25) is 0 Å². The lowest BCUT2D eigenvalue weighted by molar-refractivity contribution is 0.111. The molecular weight excluding hydrogens is 218 g/mol. The topological polar surface area (TPSA) is 78.0 Å². The molecular formula is C11H23N5O. The molecule has 0 aliphatic carbocycles. The minimum absolute atomic E-state index is 0.0846. The standard InChI is InChI=1S/C11H23N5O/c1-3-5-16-11(13-9-14-16)7-10(15-12)8-17-6-4-2/h9-10,15H,3-8,12H2,1-2H3. The van der Waals surface area contributed by atoms with Crippen molar-refractivity contribution in [1.82, 2.24) is 20.2 Å². The number of hydrogen-bond acceptors (Lipinski definition) is 5. The van der Waals surface area contributed by atoms with Crippen LogP contribution in [0.1, 0.15) is 32.5 Å². The summed E-state index contributed by atoms with van der Waals surface area (Å²) in [7, 11) is 0. The number of aryl methyl sites for hydroxylation is 1. The van der Waals surface area contributed by atoms with Crippen molar-refractivity contribution in [3.63, 3.8) is 0 Å². The molecule has 0 amide bonds. The lowest BCUT2D eigenvalue weighted by atomic mass is 10.2. The highest BCUT2D eigenvalue weighted by Gasteiger charge is 2.12. The third kappa shape index (κ3) is 4.80. The van der Waals surface area contributed by atoms with Crippen LogP contribution in [0, 0.1) is 0 Å². The van der Waals surface area contributed by atoms with Gasteiger partial charge in [-0.15, -0.1) is 0 Å². The van der Waals surface area contributed by atoms with Crippen LogP contribution < -0.4 is 11.3 Å². The maximum absolute atomic E-state index is 5.51. The first-order valence-corrected chi connectivity index (χ1v) is 6.22. The molecule has 0 aliphatic rings. The Labute approximate surface area is 103 Å². The fourth-order valence-electron chi connectivity index (χ4n) is 1.60. The van der Waals surface area contributed by atoms with E-state index in [1.807, 2.05) is 4.68 Å². The molecule has 0 radical (unpaired) electrons. The van der Waals surface area contributed by atoms with Gasteiger partial charge in [0.15, 0.2) is 0 Å². The Morgan fingerprint density at radius 3 is 2.94 bits per heavy atom. The molecule has 6 heteroatoms. The summed E-state index contributed by atoms with van der Waals surface area (Å²) in [5.41, 5.74) is 2.76. The molecule has 0 spiro atoms. The normalized spacial score (nSPS) is 12.9. The molecule has 0 saturated heterocycles. The summed E-state index contributed by atoms with van der Waals surface area (Å²) in [6.45, 7) is 6.46. The maximum atomic E-state index is 5.51. The van der Waals surface area contributed by atoms with Gasteiger partial charge in [0, 0.05) is 19.6 Å². The van der Waals surface area contributed by atoms with Crippen LogP contribution in [0.4, 0.5) is 0 Å². The van der Waals surface area contributed by atoms with Crippen LogP contribution in [0.25, 0.3) is 0 Å². The van der Waals surface area contributed by atoms with Gasteiger partial charge in [-0.25, -0.2) is 4.98 Å². The Hall–Kier alpha value is -0.980. The van der Waals surface area contributed by atoms with Gasteiger partial charge in [-0.1, -0.05) is 13.8 Å². The quantitative estimate of drug-likeness (QED) is 0.374. The summed E-state index contributed by atoms with van der Waals surface area (Å²) < 4.78 is 7.41. The maximum Gasteiger partial charge on any atom is 0.138 e. The van der Waals surface area contributed by atoms with E-state index >= 15 is 0 Å². The van der Waals surface area contributed by atoms with Crippen molar-refractivity contribution >= 4 is 0 Å². The molecule has 1 rings (SSSR count). The van der Waals surface area contributed by atoms with E-state index in [0.717, 1.165) is 38.2 Å². The lowest BCUT2D eigenvalue weighted by Crippen LogP contribution is -2.41. The zero-order valence-electron chi connectivity index (χ0n) is 10.7. The zero-order chi connectivity index (χ0) is 12.5. The number of nitrogens with zero attached hydrogens (tertiary/aromatic N) is 3. The predicted molar refractivity (Wildman–Crippen MR) is 66.2 cm³/mol. The Kier molecular flexibility index (Phi) is 6.76. The number of hydrogen-bond donors (Lipinski definition) is 2. The van der Waals surface area contributed by atoms with Crippen LogP contribution in [0.5, 0.6) is 0 Å². The van der Waals surface area contributed by atoms with Gasteiger partial charge in [-0.05, 0) is 12.8 Å². The van der Waals surface area contributed by atoms with Crippen molar-refractivity contribution in [3.8, 4) is 0 Å². The lowest BCUT2D eigenvalue weighted by Gasteiger charge is -2.15. The highest BCUT2D eigenvalue weighted by Crippen LogP contribution is 2.01. The Bertz CT molecular complexity index is 302. The van der Waals surface area contributed by atoms with Crippen LogP contribution >= 0.6 is 0 Å². The fourth-order valence-corrected chi connectivity index (χ4v) is 1.60. The number of nitrogens with two attached hydrogens (primary N) is 1.